The molecule has 4 aliphatic rings. The molecule has 5 atom stereocenters. The van der Waals surface area contributed by atoms with Gasteiger partial charge in [0.1, 0.15) is 0 Å². The summed E-state index contributed by atoms with van der Waals surface area (Å²) in [4.78, 5) is 14.5. The Bertz CT molecular complexity index is 995. The molecule has 0 N–H and O–H groups in total. The van der Waals surface area contributed by atoms with Gasteiger partial charge in [0, 0.05) is 18.2 Å². The van der Waals surface area contributed by atoms with Crippen molar-refractivity contribution >= 4 is 11.7 Å². The standard InChI is InChI=1S/C26H27NO2/c28-26(29)18-13-22-19-10-5-4-9-17(19)15-27-24(16-7-2-1-3-8-16)21-12-6-11-20(21)23(14-18)25(22)27/h1-3,6-8,11,13-14,17,19-21,24H,4-5,9-10,12,15H2,(H,28,29)/p-1/t17-,19+,20+,21+,24+/m1/s1. The number of anilines is 1. The number of nitrogens with zero attached hydrogens (tertiary/aromatic N) is 1. The third kappa shape index (κ3) is 2.52. The van der Waals surface area contributed by atoms with Gasteiger partial charge in [-0.05, 0) is 71.4 Å². The Morgan fingerprint density at radius 1 is 1.03 bits per heavy atom. The van der Waals surface area contributed by atoms with Crippen molar-refractivity contribution in [2.45, 2.75) is 50.0 Å². The molecule has 0 saturated heterocycles. The van der Waals surface area contributed by atoms with E-state index < -0.39 is 5.97 Å². The number of rotatable bonds is 2. The van der Waals surface area contributed by atoms with E-state index in [0.29, 0.717) is 35.3 Å². The monoisotopic (exact) mass is 384 g/mol. The fourth-order valence-corrected chi connectivity index (χ4v) is 6.74. The van der Waals surface area contributed by atoms with E-state index in [-0.39, 0.29) is 0 Å². The zero-order chi connectivity index (χ0) is 19.5. The molecule has 0 radical (unpaired) electrons. The highest BCUT2D eigenvalue weighted by Gasteiger charge is 2.47. The third-order valence-corrected chi connectivity index (χ3v) is 7.89. The number of allylic oxidation sites excluding steroid dienone is 2. The van der Waals surface area contributed by atoms with Crippen molar-refractivity contribution < 1.29 is 9.90 Å². The summed E-state index contributed by atoms with van der Waals surface area (Å²) in [7, 11) is 0. The van der Waals surface area contributed by atoms with Crippen molar-refractivity contribution in [3.05, 3.63) is 76.9 Å². The van der Waals surface area contributed by atoms with Gasteiger partial charge in [-0.2, -0.15) is 0 Å². The number of carboxylic acids is 1. The van der Waals surface area contributed by atoms with Crippen LogP contribution in [0.15, 0.2) is 54.6 Å². The van der Waals surface area contributed by atoms with Crippen LogP contribution >= 0.6 is 0 Å². The molecule has 2 heterocycles. The van der Waals surface area contributed by atoms with Gasteiger partial charge < -0.3 is 14.8 Å². The summed E-state index contributed by atoms with van der Waals surface area (Å²) in [6, 6.07) is 15.2. The molecule has 2 aliphatic carbocycles. The van der Waals surface area contributed by atoms with Crippen LogP contribution in [-0.4, -0.2) is 12.5 Å². The first-order valence-corrected chi connectivity index (χ1v) is 11.1. The molecule has 0 amide bonds. The number of aromatic carboxylic acids is 1. The maximum Gasteiger partial charge on any atom is 0.0715 e. The fraction of sp³-hybridized carbons (Fsp3) is 0.423. The lowest BCUT2D eigenvalue weighted by Crippen LogP contribution is -2.47. The quantitative estimate of drug-likeness (QED) is 0.713. The van der Waals surface area contributed by atoms with Gasteiger partial charge in [0.15, 0.2) is 0 Å². The maximum atomic E-state index is 11.8. The topological polar surface area (TPSA) is 43.4 Å². The molecule has 1 saturated carbocycles. The Hall–Kier alpha value is -2.55. The van der Waals surface area contributed by atoms with Gasteiger partial charge in [-0.25, -0.2) is 0 Å². The third-order valence-electron chi connectivity index (χ3n) is 7.89. The van der Waals surface area contributed by atoms with Crippen molar-refractivity contribution in [1.29, 1.82) is 0 Å². The van der Waals surface area contributed by atoms with E-state index in [4.69, 9.17) is 0 Å². The van der Waals surface area contributed by atoms with Gasteiger partial charge in [0.25, 0.3) is 0 Å². The SMILES string of the molecule is O=C([O-])c1cc2c3c(c1)[C@H]1CCCC[C@@H]1CN3[C@@H](c1ccccc1)[C@H]1CC=C[C@H]21. The van der Waals surface area contributed by atoms with Crippen LogP contribution in [0.5, 0.6) is 0 Å². The smallest absolute Gasteiger partial charge is 0.0715 e. The minimum atomic E-state index is -1.04. The highest BCUT2D eigenvalue weighted by molar-refractivity contribution is 5.88. The Kier molecular flexibility index (Phi) is 3.87. The van der Waals surface area contributed by atoms with E-state index in [1.807, 2.05) is 12.1 Å². The summed E-state index contributed by atoms with van der Waals surface area (Å²) < 4.78 is 0. The summed E-state index contributed by atoms with van der Waals surface area (Å²) in [6.07, 6.45) is 10.6. The van der Waals surface area contributed by atoms with Crippen molar-refractivity contribution in [3.63, 3.8) is 0 Å². The predicted molar refractivity (Wildman–Crippen MR) is 112 cm³/mol. The van der Waals surface area contributed by atoms with Crippen LogP contribution in [0.4, 0.5) is 5.69 Å². The molecule has 0 aromatic heterocycles. The van der Waals surface area contributed by atoms with Crippen LogP contribution in [0.1, 0.15) is 77.0 Å². The van der Waals surface area contributed by atoms with Gasteiger partial charge >= 0.3 is 0 Å². The second-order valence-corrected chi connectivity index (χ2v) is 9.30. The van der Waals surface area contributed by atoms with Crippen LogP contribution in [0.3, 0.4) is 0 Å². The molecular weight excluding hydrogens is 358 g/mol. The number of carbonyl (C=O) groups is 1. The van der Waals surface area contributed by atoms with E-state index in [2.05, 4.69) is 47.4 Å². The minimum absolute atomic E-state index is 0.296. The highest BCUT2D eigenvalue weighted by atomic mass is 16.4. The van der Waals surface area contributed by atoms with Crippen LogP contribution in [0, 0.1) is 11.8 Å². The summed E-state index contributed by atoms with van der Waals surface area (Å²) in [5.74, 6) is 0.835. The number of hydrogen-bond acceptors (Lipinski definition) is 3. The van der Waals surface area contributed by atoms with Crippen LogP contribution in [-0.2, 0) is 0 Å². The molecule has 0 unspecified atom stereocenters. The zero-order valence-corrected chi connectivity index (χ0v) is 16.6. The summed E-state index contributed by atoms with van der Waals surface area (Å²) in [5.41, 5.74) is 5.58. The summed E-state index contributed by atoms with van der Waals surface area (Å²) >= 11 is 0. The van der Waals surface area contributed by atoms with E-state index in [1.54, 1.807) is 0 Å². The predicted octanol–water partition coefficient (Wildman–Crippen LogP) is 4.56. The molecule has 148 valence electrons. The molecule has 6 rings (SSSR count). The fourth-order valence-electron chi connectivity index (χ4n) is 6.74. The largest absolute Gasteiger partial charge is 0.545 e. The molecule has 2 aliphatic heterocycles. The first-order valence-electron chi connectivity index (χ1n) is 11.1. The molecule has 2 aromatic rings. The number of carbonyl (C=O) groups excluding carboxylic acids is 1. The summed E-state index contributed by atoms with van der Waals surface area (Å²) in [5, 5.41) is 11.8. The van der Waals surface area contributed by atoms with Crippen molar-refractivity contribution in [2.75, 3.05) is 11.4 Å². The van der Waals surface area contributed by atoms with Gasteiger partial charge in [0.05, 0.1) is 12.0 Å². The Morgan fingerprint density at radius 3 is 2.66 bits per heavy atom. The van der Waals surface area contributed by atoms with Crippen molar-refractivity contribution in [3.8, 4) is 0 Å². The molecule has 2 aromatic carbocycles. The lowest BCUT2D eigenvalue weighted by molar-refractivity contribution is -0.255. The molecule has 3 nitrogen and oxygen atoms in total. The van der Waals surface area contributed by atoms with Crippen LogP contribution in [0.25, 0.3) is 0 Å². The first-order chi connectivity index (χ1) is 14.2. The second kappa shape index (κ2) is 6.48. The maximum absolute atomic E-state index is 11.8. The molecule has 0 bridgehead atoms. The Balaban J connectivity index is 1.60. The molecule has 29 heavy (non-hydrogen) atoms. The van der Waals surface area contributed by atoms with Crippen molar-refractivity contribution in [1.82, 2.24) is 0 Å². The van der Waals surface area contributed by atoms with E-state index in [0.717, 1.165) is 13.0 Å². The van der Waals surface area contributed by atoms with E-state index >= 15 is 0 Å². The first kappa shape index (κ1) is 17.3. The lowest BCUT2D eigenvalue weighted by Gasteiger charge is -2.53. The average Bonchev–Trinajstić information content (AvgIpc) is 3.24. The number of carboxylic acid groups (broad SMARTS) is 1. The van der Waals surface area contributed by atoms with Gasteiger partial charge in [-0.1, -0.05) is 55.3 Å². The lowest BCUT2D eigenvalue weighted by atomic mass is 9.66. The number of hydrogen-bond donors (Lipinski definition) is 0. The Labute approximate surface area is 172 Å². The summed E-state index contributed by atoms with van der Waals surface area (Å²) in [6.45, 7) is 1.10. The highest BCUT2D eigenvalue weighted by Crippen LogP contribution is 2.59. The number of benzene rings is 2. The number of fused-ring (bicyclic) bond motifs is 4. The Morgan fingerprint density at radius 2 is 1.83 bits per heavy atom. The van der Waals surface area contributed by atoms with Gasteiger partial charge in [-0.15, -0.1) is 0 Å². The second-order valence-electron chi connectivity index (χ2n) is 9.30. The van der Waals surface area contributed by atoms with Gasteiger partial charge in [0.2, 0.25) is 0 Å². The molecule has 1 fully saturated rings. The van der Waals surface area contributed by atoms with E-state index in [9.17, 15) is 9.90 Å². The minimum Gasteiger partial charge on any atom is -0.545 e. The molecule has 3 heteroatoms. The molecule has 0 spiro atoms. The van der Waals surface area contributed by atoms with Gasteiger partial charge in [-0.3, -0.25) is 0 Å². The molecular formula is C26H26NO2-. The van der Waals surface area contributed by atoms with Crippen LogP contribution < -0.4 is 10.0 Å². The average molecular weight is 384 g/mol. The van der Waals surface area contributed by atoms with Crippen molar-refractivity contribution in [2.24, 2.45) is 11.8 Å². The van der Waals surface area contributed by atoms with Crippen LogP contribution in [0.2, 0.25) is 0 Å². The normalized spacial score (nSPS) is 31.7. The van der Waals surface area contributed by atoms with E-state index in [1.165, 1.54) is 48.1 Å². The zero-order valence-electron chi connectivity index (χ0n) is 16.6.